The first kappa shape index (κ1) is 96.1. The van der Waals surface area contributed by atoms with E-state index in [0.29, 0.717) is 25.7 Å². The van der Waals surface area contributed by atoms with Crippen LogP contribution in [-0.4, -0.2) is 96.7 Å². The minimum atomic E-state index is -4.96. The summed E-state index contributed by atoms with van der Waals surface area (Å²) in [5.41, 5.74) is 0. The Morgan fingerprint density at radius 3 is 0.776 bits per heavy atom. The van der Waals surface area contributed by atoms with Crippen LogP contribution in [0.1, 0.15) is 414 Å². The highest BCUT2D eigenvalue weighted by Crippen LogP contribution is 2.45. The maximum Gasteiger partial charge on any atom is 0.472 e. The van der Waals surface area contributed by atoms with Crippen LogP contribution >= 0.6 is 15.6 Å². The zero-order chi connectivity index (χ0) is 72.1. The molecule has 0 aliphatic heterocycles. The maximum absolute atomic E-state index is 13.1. The molecule has 0 fully saturated rings. The molecule has 582 valence electrons. The maximum atomic E-state index is 13.1. The second-order valence-electron chi connectivity index (χ2n) is 29.2. The molecule has 0 aromatic rings. The van der Waals surface area contributed by atoms with Gasteiger partial charge >= 0.3 is 39.5 Å². The lowest BCUT2D eigenvalue weighted by Gasteiger charge is -2.21. The van der Waals surface area contributed by atoms with Gasteiger partial charge in [0.15, 0.2) is 12.2 Å². The SMILES string of the molecule is CCCCCCCCCCCCCCCCCCCCCCCC(=O)O[C@H](COC(=O)CCCCCCCCCCCCC(C)CC)COP(=O)(O)OC[C@@H](O)COP(=O)(O)OC[C@@H](COC(=O)CCCCCCCCCCCC)OC(=O)CCCCCCCCCCCCC(C)C. The van der Waals surface area contributed by atoms with Gasteiger partial charge in [-0.15, -0.1) is 0 Å². The van der Waals surface area contributed by atoms with Crippen molar-refractivity contribution in [1.82, 2.24) is 0 Å². The average molecular weight is 1440 g/mol. The predicted octanol–water partition coefficient (Wildman–Crippen LogP) is 23.5. The van der Waals surface area contributed by atoms with Crippen LogP contribution in [0.25, 0.3) is 0 Å². The average Bonchev–Trinajstić information content (AvgIpc) is 0.988. The second kappa shape index (κ2) is 70.7. The summed E-state index contributed by atoms with van der Waals surface area (Å²) in [6.07, 6.45) is 59.6. The first-order valence-electron chi connectivity index (χ1n) is 41.0. The van der Waals surface area contributed by atoms with E-state index in [2.05, 4.69) is 41.5 Å². The van der Waals surface area contributed by atoms with Crippen LogP contribution in [0, 0.1) is 11.8 Å². The van der Waals surface area contributed by atoms with Gasteiger partial charge in [0, 0.05) is 25.7 Å². The zero-order valence-electron chi connectivity index (χ0n) is 64.1. The molecule has 0 bridgehead atoms. The van der Waals surface area contributed by atoms with Crippen LogP contribution in [0.3, 0.4) is 0 Å². The molecule has 0 radical (unpaired) electrons. The number of hydrogen-bond donors (Lipinski definition) is 3. The van der Waals surface area contributed by atoms with Crippen LogP contribution in [0.5, 0.6) is 0 Å². The van der Waals surface area contributed by atoms with Gasteiger partial charge in [-0.3, -0.25) is 37.3 Å². The van der Waals surface area contributed by atoms with Crippen molar-refractivity contribution in [3.63, 3.8) is 0 Å². The van der Waals surface area contributed by atoms with Gasteiger partial charge in [-0.1, -0.05) is 363 Å². The molecule has 98 heavy (non-hydrogen) atoms. The van der Waals surface area contributed by atoms with Crippen LogP contribution in [0.4, 0.5) is 0 Å². The van der Waals surface area contributed by atoms with Crippen molar-refractivity contribution in [3.8, 4) is 0 Å². The molecular weight excluding hydrogens is 1280 g/mol. The molecule has 0 aliphatic rings. The van der Waals surface area contributed by atoms with E-state index >= 15 is 0 Å². The number of ether oxygens (including phenoxy) is 4. The molecule has 0 spiro atoms. The fourth-order valence-corrected chi connectivity index (χ4v) is 13.7. The number of hydrogen-bond acceptors (Lipinski definition) is 15. The van der Waals surface area contributed by atoms with Gasteiger partial charge < -0.3 is 33.8 Å². The Morgan fingerprint density at radius 1 is 0.296 bits per heavy atom. The van der Waals surface area contributed by atoms with Crippen LogP contribution in [0.2, 0.25) is 0 Å². The molecule has 17 nitrogen and oxygen atoms in total. The Hall–Kier alpha value is -1.94. The highest BCUT2D eigenvalue weighted by atomic mass is 31.2. The minimum Gasteiger partial charge on any atom is -0.462 e. The number of phosphoric acid groups is 2. The van der Waals surface area contributed by atoms with Gasteiger partial charge in [-0.2, -0.15) is 0 Å². The van der Waals surface area contributed by atoms with E-state index in [-0.39, 0.29) is 25.7 Å². The zero-order valence-corrected chi connectivity index (χ0v) is 65.9. The fourth-order valence-electron chi connectivity index (χ4n) is 12.2. The molecule has 0 saturated carbocycles. The van der Waals surface area contributed by atoms with Gasteiger partial charge in [0.25, 0.3) is 0 Å². The normalized spacial score (nSPS) is 14.2. The molecule has 19 heteroatoms. The quantitative estimate of drug-likeness (QED) is 0.0222. The lowest BCUT2D eigenvalue weighted by molar-refractivity contribution is -0.161. The summed E-state index contributed by atoms with van der Waals surface area (Å²) in [6, 6.07) is 0. The Kier molecular flexibility index (Phi) is 69.3. The van der Waals surface area contributed by atoms with Crippen molar-refractivity contribution in [3.05, 3.63) is 0 Å². The Labute approximate surface area is 600 Å². The van der Waals surface area contributed by atoms with Gasteiger partial charge in [-0.05, 0) is 37.5 Å². The van der Waals surface area contributed by atoms with Crippen LogP contribution in [0.15, 0.2) is 0 Å². The summed E-state index contributed by atoms with van der Waals surface area (Å²) in [5.74, 6) is -0.551. The summed E-state index contributed by atoms with van der Waals surface area (Å²) in [6.45, 7) is 9.62. The third kappa shape index (κ3) is 71.1. The van der Waals surface area contributed by atoms with E-state index in [1.165, 1.54) is 231 Å². The molecule has 0 saturated heterocycles. The number of rotatable bonds is 78. The third-order valence-electron chi connectivity index (χ3n) is 18.8. The summed E-state index contributed by atoms with van der Waals surface area (Å²) < 4.78 is 68.6. The van der Waals surface area contributed by atoms with Crippen molar-refractivity contribution in [2.45, 2.75) is 432 Å². The number of aliphatic hydroxyl groups is 1. The Bertz CT molecular complexity index is 1890. The number of unbranched alkanes of at least 4 members (excludes halogenated alkanes) is 47. The molecule has 3 unspecified atom stereocenters. The molecule has 3 N–H and O–H groups in total. The summed E-state index contributed by atoms with van der Waals surface area (Å²) in [5, 5.41) is 10.6. The fraction of sp³-hybridized carbons (Fsp3) is 0.949. The first-order chi connectivity index (χ1) is 47.4. The van der Waals surface area contributed by atoms with E-state index in [9.17, 15) is 43.2 Å². The van der Waals surface area contributed by atoms with Crippen molar-refractivity contribution in [2.24, 2.45) is 11.8 Å². The molecule has 0 aliphatic carbocycles. The Morgan fingerprint density at radius 2 is 0.520 bits per heavy atom. The third-order valence-corrected chi connectivity index (χ3v) is 20.7. The smallest absolute Gasteiger partial charge is 0.462 e. The van der Waals surface area contributed by atoms with E-state index in [1.807, 2.05) is 0 Å². The molecule has 0 heterocycles. The number of carbonyl (C=O) groups excluding carboxylic acids is 4. The molecule has 0 amide bonds. The number of esters is 4. The van der Waals surface area contributed by atoms with Crippen molar-refractivity contribution >= 4 is 39.5 Å². The van der Waals surface area contributed by atoms with Gasteiger partial charge in [0.05, 0.1) is 26.4 Å². The van der Waals surface area contributed by atoms with Gasteiger partial charge in [0.2, 0.25) is 0 Å². The van der Waals surface area contributed by atoms with Crippen molar-refractivity contribution in [2.75, 3.05) is 39.6 Å². The van der Waals surface area contributed by atoms with E-state index in [1.54, 1.807) is 0 Å². The lowest BCUT2D eigenvalue weighted by Crippen LogP contribution is -2.30. The minimum absolute atomic E-state index is 0.106. The van der Waals surface area contributed by atoms with E-state index in [4.69, 9.17) is 37.0 Å². The molecule has 0 aromatic heterocycles. The number of carbonyl (C=O) groups is 4. The summed E-state index contributed by atoms with van der Waals surface area (Å²) in [7, 11) is -9.91. The van der Waals surface area contributed by atoms with E-state index in [0.717, 1.165) is 102 Å². The standard InChI is InChI=1S/C79H154O17P2/c1-7-10-12-14-16-18-20-21-22-23-24-25-26-27-28-29-30-39-45-51-57-63-78(83)95-75(68-90-77(82)62-56-50-44-38-34-32-36-42-48-54-60-72(6)9-3)70-94-98(87,88)92-66-73(80)65-91-97(85,86)93-69-74(67-89-76(81)61-55-49-43-37-19-17-15-13-11-8-2)96-79(84)64-58-52-46-40-33-31-35-41-47-53-59-71(4)5/h71-75,80H,7-70H2,1-6H3,(H,85,86)(H,87,88)/t72?,73-,74+,75+/m0/s1. The number of aliphatic hydroxyl groups excluding tert-OH is 1. The molecule has 6 atom stereocenters. The molecular formula is C79H154O17P2. The van der Waals surface area contributed by atoms with Crippen molar-refractivity contribution < 1.29 is 80.2 Å². The summed E-state index contributed by atoms with van der Waals surface area (Å²) in [4.78, 5) is 72.9. The highest BCUT2D eigenvalue weighted by Gasteiger charge is 2.30. The predicted molar refractivity (Wildman–Crippen MR) is 400 cm³/mol. The largest absolute Gasteiger partial charge is 0.472 e. The van der Waals surface area contributed by atoms with E-state index < -0.39 is 97.5 Å². The lowest BCUT2D eigenvalue weighted by atomic mass is 9.99. The van der Waals surface area contributed by atoms with Crippen LogP contribution in [-0.2, 0) is 65.4 Å². The van der Waals surface area contributed by atoms with Gasteiger partial charge in [-0.25, -0.2) is 9.13 Å². The monoisotopic (exact) mass is 1440 g/mol. The first-order valence-corrected chi connectivity index (χ1v) is 44.0. The van der Waals surface area contributed by atoms with Crippen molar-refractivity contribution in [1.29, 1.82) is 0 Å². The topological polar surface area (TPSA) is 237 Å². The second-order valence-corrected chi connectivity index (χ2v) is 32.1. The molecule has 0 rings (SSSR count). The van der Waals surface area contributed by atoms with Gasteiger partial charge in [0.1, 0.15) is 19.3 Å². The highest BCUT2D eigenvalue weighted by molar-refractivity contribution is 7.47. The molecule has 0 aromatic carbocycles. The van der Waals surface area contributed by atoms with Crippen LogP contribution < -0.4 is 0 Å². The Balaban J connectivity index is 5.21. The number of phosphoric ester groups is 2. The summed E-state index contributed by atoms with van der Waals surface area (Å²) >= 11 is 0.